The zero-order valence-electron chi connectivity index (χ0n) is 14.2. The molecule has 0 aliphatic carbocycles. The van der Waals surface area contributed by atoms with E-state index in [1.54, 1.807) is 12.1 Å². The van der Waals surface area contributed by atoms with Gasteiger partial charge in [0.2, 0.25) is 0 Å². The molecule has 0 aliphatic rings. The Labute approximate surface area is 150 Å². The van der Waals surface area contributed by atoms with E-state index in [0.717, 1.165) is 22.2 Å². The standard InChI is InChI=1S/C21H16N4O/c1-14-2-6-18(7-3-14)26-19-10-17(13-22)25-21(12-19)24-16-5-4-15-8-9-23-20(15)11-16/h2-12,23H,1H3,(H,24,25). The number of pyridine rings is 1. The molecule has 0 saturated carbocycles. The first kappa shape index (κ1) is 15.7. The summed E-state index contributed by atoms with van der Waals surface area (Å²) < 4.78 is 5.87. The molecular weight excluding hydrogens is 324 g/mol. The van der Waals surface area contributed by atoms with E-state index >= 15 is 0 Å². The Balaban J connectivity index is 1.62. The fourth-order valence-electron chi connectivity index (χ4n) is 2.70. The minimum atomic E-state index is 0.290. The largest absolute Gasteiger partial charge is 0.457 e. The Kier molecular flexibility index (Phi) is 4.00. The molecule has 0 amide bonds. The number of fused-ring (bicyclic) bond motifs is 1. The van der Waals surface area contributed by atoms with Crippen LogP contribution in [0.3, 0.4) is 0 Å². The zero-order valence-corrected chi connectivity index (χ0v) is 14.2. The molecule has 4 rings (SSSR count). The highest BCUT2D eigenvalue weighted by Crippen LogP contribution is 2.27. The Hall–Kier alpha value is -3.78. The van der Waals surface area contributed by atoms with Crippen molar-refractivity contribution in [3.05, 3.63) is 78.1 Å². The summed E-state index contributed by atoms with van der Waals surface area (Å²) in [6.07, 6.45) is 1.90. The minimum Gasteiger partial charge on any atom is -0.457 e. The summed E-state index contributed by atoms with van der Waals surface area (Å²) in [6, 6.07) is 21.2. The molecule has 5 nitrogen and oxygen atoms in total. The van der Waals surface area contributed by atoms with Crippen LogP contribution in [-0.2, 0) is 0 Å². The van der Waals surface area contributed by atoms with Crippen molar-refractivity contribution in [2.24, 2.45) is 0 Å². The average molecular weight is 340 g/mol. The third-order valence-corrected chi connectivity index (χ3v) is 4.00. The number of nitrogens with zero attached hydrogens (tertiary/aromatic N) is 2. The fourth-order valence-corrected chi connectivity index (χ4v) is 2.70. The molecule has 0 spiro atoms. The number of aromatic amines is 1. The molecule has 126 valence electrons. The second kappa shape index (κ2) is 6.61. The maximum absolute atomic E-state index is 9.27. The number of aromatic nitrogens is 2. The van der Waals surface area contributed by atoms with E-state index in [1.165, 1.54) is 0 Å². The van der Waals surface area contributed by atoms with Crippen LogP contribution in [0.2, 0.25) is 0 Å². The van der Waals surface area contributed by atoms with E-state index in [-0.39, 0.29) is 5.69 Å². The van der Waals surface area contributed by atoms with Gasteiger partial charge in [-0.1, -0.05) is 23.8 Å². The van der Waals surface area contributed by atoms with Crippen LogP contribution in [-0.4, -0.2) is 9.97 Å². The number of hydrogen-bond donors (Lipinski definition) is 2. The molecular formula is C21H16N4O. The number of rotatable bonds is 4. The predicted molar refractivity (Wildman–Crippen MR) is 102 cm³/mol. The number of aryl methyl sites for hydroxylation is 1. The molecule has 2 aromatic carbocycles. The second-order valence-electron chi connectivity index (χ2n) is 6.00. The van der Waals surface area contributed by atoms with Crippen LogP contribution in [0, 0.1) is 18.3 Å². The molecule has 2 aromatic heterocycles. The Morgan fingerprint density at radius 2 is 1.85 bits per heavy atom. The molecule has 0 fully saturated rings. The molecule has 5 heteroatoms. The number of nitrogens with one attached hydrogen (secondary N) is 2. The lowest BCUT2D eigenvalue weighted by atomic mass is 10.2. The van der Waals surface area contributed by atoms with Crippen molar-refractivity contribution in [2.45, 2.75) is 6.92 Å². The van der Waals surface area contributed by atoms with E-state index in [1.807, 2.05) is 61.7 Å². The van der Waals surface area contributed by atoms with Crippen LogP contribution >= 0.6 is 0 Å². The van der Waals surface area contributed by atoms with Crippen LogP contribution in [0.5, 0.6) is 11.5 Å². The SMILES string of the molecule is Cc1ccc(Oc2cc(C#N)nc(Nc3ccc4cc[nH]c4c3)c2)cc1. The van der Waals surface area contributed by atoms with Crippen LogP contribution < -0.4 is 10.1 Å². The molecule has 0 unspecified atom stereocenters. The van der Waals surface area contributed by atoms with E-state index in [4.69, 9.17) is 4.74 Å². The molecule has 0 atom stereocenters. The highest BCUT2D eigenvalue weighted by Gasteiger charge is 2.06. The maximum atomic E-state index is 9.27. The second-order valence-corrected chi connectivity index (χ2v) is 6.00. The van der Waals surface area contributed by atoms with Crippen molar-refractivity contribution < 1.29 is 4.74 Å². The van der Waals surface area contributed by atoms with Gasteiger partial charge >= 0.3 is 0 Å². The first-order valence-corrected chi connectivity index (χ1v) is 8.20. The molecule has 0 bridgehead atoms. The molecule has 2 heterocycles. The Bertz CT molecular complexity index is 1110. The third kappa shape index (κ3) is 3.35. The van der Waals surface area contributed by atoms with E-state index in [0.29, 0.717) is 17.3 Å². The third-order valence-electron chi connectivity index (χ3n) is 4.00. The van der Waals surface area contributed by atoms with Crippen LogP contribution in [0.1, 0.15) is 11.3 Å². The van der Waals surface area contributed by atoms with Gasteiger partial charge in [-0.15, -0.1) is 0 Å². The predicted octanol–water partition coefficient (Wildman–Crippen LogP) is 5.28. The topological polar surface area (TPSA) is 73.7 Å². The first-order chi connectivity index (χ1) is 12.7. The lowest BCUT2D eigenvalue weighted by Gasteiger charge is -2.10. The van der Waals surface area contributed by atoms with Gasteiger partial charge in [-0.3, -0.25) is 0 Å². The number of benzene rings is 2. The van der Waals surface area contributed by atoms with E-state index in [2.05, 4.69) is 21.4 Å². The number of nitriles is 1. The van der Waals surface area contributed by atoms with E-state index in [9.17, 15) is 5.26 Å². The summed E-state index contributed by atoms with van der Waals surface area (Å²) in [5.41, 5.74) is 3.36. The van der Waals surface area contributed by atoms with Gasteiger partial charge in [-0.05, 0) is 42.6 Å². The quantitative estimate of drug-likeness (QED) is 0.530. The number of H-pyrrole nitrogens is 1. The summed E-state index contributed by atoms with van der Waals surface area (Å²) >= 11 is 0. The molecule has 2 N–H and O–H groups in total. The van der Waals surface area contributed by atoms with Gasteiger partial charge in [0.15, 0.2) is 0 Å². The summed E-state index contributed by atoms with van der Waals surface area (Å²) in [6.45, 7) is 2.02. The van der Waals surface area contributed by atoms with Crippen molar-refractivity contribution in [1.82, 2.24) is 9.97 Å². The number of hydrogen-bond acceptors (Lipinski definition) is 4. The van der Waals surface area contributed by atoms with Gasteiger partial charge in [0.1, 0.15) is 29.1 Å². The summed E-state index contributed by atoms with van der Waals surface area (Å²) in [5.74, 6) is 1.82. The van der Waals surface area contributed by atoms with Crippen molar-refractivity contribution >= 4 is 22.4 Å². The number of anilines is 2. The van der Waals surface area contributed by atoms with Crippen molar-refractivity contribution in [1.29, 1.82) is 5.26 Å². The Morgan fingerprint density at radius 3 is 2.65 bits per heavy atom. The van der Waals surface area contributed by atoms with Crippen LogP contribution in [0.4, 0.5) is 11.5 Å². The fraction of sp³-hybridized carbons (Fsp3) is 0.0476. The zero-order chi connectivity index (χ0) is 17.9. The lowest BCUT2D eigenvalue weighted by molar-refractivity contribution is 0.482. The molecule has 0 radical (unpaired) electrons. The normalized spacial score (nSPS) is 10.5. The number of ether oxygens (including phenoxy) is 1. The van der Waals surface area contributed by atoms with Gasteiger partial charge in [0.25, 0.3) is 0 Å². The highest BCUT2D eigenvalue weighted by atomic mass is 16.5. The molecule has 26 heavy (non-hydrogen) atoms. The summed E-state index contributed by atoms with van der Waals surface area (Å²) in [7, 11) is 0. The minimum absolute atomic E-state index is 0.290. The van der Waals surface area contributed by atoms with Crippen molar-refractivity contribution in [2.75, 3.05) is 5.32 Å². The first-order valence-electron chi connectivity index (χ1n) is 8.20. The van der Waals surface area contributed by atoms with Crippen molar-refractivity contribution in [3.63, 3.8) is 0 Å². The van der Waals surface area contributed by atoms with Gasteiger partial charge in [0, 0.05) is 29.5 Å². The molecule has 0 saturated heterocycles. The van der Waals surface area contributed by atoms with Gasteiger partial charge in [0.05, 0.1) is 0 Å². The lowest BCUT2D eigenvalue weighted by Crippen LogP contribution is -1.97. The van der Waals surface area contributed by atoms with E-state index < -0.39 is 0 Å². The monoisotopic (exact) mass is 340 g/mol. The van der Waals surface area contributed by atoms with Crippen molar-refractivity contribution in [3.8, 4) is 17.6 Å². The van der Waals surface area contributed by atoms with Crippen LogP contribution in [0.15, 0.2) is 66.9 Å². The summed E-state index contributed by atoms with van der Waals surface area (Å²) in [4.78, 5) is 7.49. The van der Waals surface area contributed by atoms with Gasteiger partial charge < -0.3 is 15.0 Å². The van der Waals surface area contributed by atoms with Gasteiger partial charge in [-0.25, -0.2) is 4.98 Å². The van der Waals surface area contributed by atoms with Gasteiger partial charge in [-0.2, -0.15) is 5.26 Å². The molecule has 4 aromatic rings. The summed E-state index contributed by atoms with van der Waals surface area (Å²) in [5, 5.41) is 13.6. The van der Waals surface area contributed by atoms with Crippen LogP contribution in [0.25, 0.3) is 10.9 Å². The smallest absolute Gasteiger partial charge is 0.146 e. The highest BCUT2D eigenvalue weighted by molar-refractivity contribution is 5.83. The Morgan fingerprint density at radius 1 is 1.00 bits per heavy atom. The maximum Gasteiger partial charge on any atom is 0.146 e. The average Bonchev–Trinajstić information content (AvgIpc) is 3.11. The molecule has 0 aliphatic heterocycles.